The third-order valence-electron chi connectivity index (χ3n) is 3.37. The van der Waals surface area contributed by atoms with Gasteiger partial charge in [0.2, 0.25) is 5.91 Å². The fourth-order valence-corrected chi connectivity index (χ4v) is 2.37. The molecule has 21 heavy (non-hydrogen) atoms. The predicted octanol–water partition coefficient (Wildman–Crippen LogP) is 1.99. The molecule has 5 heteroatoms. The lowest BCUT2D eigenvalue weighted by molar-refractivity contribution is -0.116. The summed E-state index contributed by atoms with van der Waals surface area (Å²) in [6, 6.07) is 13.5. The number of nitrogens with zero attached hydrogens (tertiary/aromatic N) is 1. The Bertz CT molecular complexity index is 712. The number of anilines is 1. The van der Waals surface area contributed by atoms with Crippen molar-refractivity contribution >= 4 is 17.5 Å². The van der Waals surface area contributed by atoms with Crippen LogP contribution < -0.4 is 5.32 Å². The van der Waals surface area contributed by atoms with Crippen LogP contribution in [0.1, 0.15) is 15.9 Å². The second-order valence-electron chi connectivity index (χ2n) is 4.92. The number of phenolic OH excluding ortho intramolecular Hbond substituents is 1. The zero-order valence-electron chi connectivity index (χ0n) is 11.2. The van der Waals surface area contributed by atoms with Gasteiger partial charge in [0.1, 0.15) is 12.3 Å². The molecular weight excluding hydrogens is 268 g/mol. The Hall–Kier alpha value is -2.82. The first-order chi connectivity index (χ1) is 10.1. The summed E-state index contributed by atoms with van der Waals surface area (Å²) in [6.07, 6.45) is 0. The normalized spacial score (nSPS) is 14.1. The molecule has 0 atom stereocenters. The first-order valence-corrected chi connectivity index (χ1v) is 6.59. The number of rotatable bonds is 1. The van der Waals surface area contributed by atoms with E-state index in [1.54, 1.807) is 12.1 Å². The summed E-state index contributed by atoms with van der Waals surface area (Å²) in [4.78, 5) is 25.9. The average Bonchev–Trinajstić information content (AvgIpc) is 2.64. The van der Waals surface area contributed by atoms with Crippen LogP contribution in [0.2, 0.25) is 0 Å². The van der Waals surface area contributed by atoms with Crippen LogP contribution in [0.4, 0.5) is 5.69 Å². The van der Waals surface area contributed by atoms with Crippen molar-refractivity contribution in [2.45, 2.75) is 6.54 Å². The number of nitrogens with one attached hydrogen (secondary N) is 1. The lowest BCUT2D eigenvalue weighted by Gasteiger charge is -2.19. The maximum Gasteiger partial charge on any atom is 0.254 e. The second kappa shape index (κ2) is 5.28. The molecule has 0 saturated heterocycles. The molecule has 0 bridgehead atoms. The molecule has 0 saturated carbocycles. The number of amides is 2. The SMILES string of the molecule is O=C1CN(C(=O)c2cccc(O)c2)Cc2ccccc2N1. The Morgan fingerprint density at radius 3 is 2.71 bits per heavy atom. The quantitative estimate of drug-likeness (QED) is 0.840. The van der Waals surface area contributed by atoms with E-state index in [4.69, 9.17) is 0 Å². The van der Waals surface area contributed by atoms with Crippen LogP contribution in [0, 0.1) is 0 Å². The Morgan fingerprint density at radius 2 is 1.90 bits per heavy atom. The van der Waals surface area contributed by atoms with E-state index in [1.807, 2.05) is 24.3 Å². The third-order valence-corrected chi connectivity index (χ3v) is 3.37. The zero-order valence-corrected chi connectivity index (χ0v) is 11.2. The molecule has 1 aliphatic rings. The minimum Gasteiger partial charge on any atom is -0.508 e. The second-order valence-corrected chi connectivity index (χ2v) is 4.92. The number of carbonyl (C=O) groups is 2. The van der Waals surface area contributed by atoms with E-state index in [1.165, 1.54) is 17.0 Å². The molecule has 0 fully saturated rings. The Kier molecular flexibility index (Phi) is 3.31. The minimum atomic E-state index is -0.280. The molecule has 1 heterocycles. The van der Waals surface area contributed by atoms with Crippen LogP contribution in [-0.4, -0.2) is 28.4 Å². The van der Waals surface area contributed by atoms with E-state index in [9.17, 15) is 14.7 Å². The van der Waals surface area contributed by atoms with Crippen LogP contribution in [0.5, 0.6) is 5.75 Å². The summed E-state index contributed by atoms with van der Waals surface area (Å²) >= 11 is 0. The summed E-state index contributed by atoms with van der Waals surface area (Å²) in [6.45, 7) is 0.340. The lowest BCUT2D eigenvalue weighted by atomic mass is 10.1. The monoisotopic (exact) mass is 282 g/mol. The van der Waals surface area contributed by atoms with Crippen molar-refractivity contribution in [3.8, 4) is 5.75 Å². The highest BCUT2D eigenvalue weighted by atomic mass is 16.3. The Labute approximate surface area is 121 Å². The van der Waals surface area contributed by atoms with Crippen molar-refractivity contribution in [3.05, 3.63) is 59.7 Å². The van der Waals surface area contributed by atoms with E-state index in [0.29, 0.717) is 12.1 Å². The van der Waals surface area contributed by atoms with Gasteiger partial charge in [-0.3, -0.25) is 9.59 Å². The summed E-state index contributed by atoms with van der Waals surface area (Å²) in [5, 5.41) is 12.3. The van der Waals surface area contributed by atoms with Crippen molar-refractivity contribution in [1.82, 2.24) is 4.90 Å². The highest BCUT2D eigenvalue weighted by Gasteiger charge is 2.23. The molecule has 0 aromatic heterocycles. The van der Waals surface area contributed by atoms with Gasteiger partial charge in [-0.1, -0.05) is 24.3 Å². The van der Waals surface area contributed by atoms with E-state index >= 15 is 0 Å². The van der Waals surface area contributed by atoms with Gasteiger partial charge in [0.25, 0.3) is 5.91 Å². The first kappa shape index (κ1) is 13.2. The van der Waals surface area contributed by atoms with Gasteiger partial charge in [-0.25, -0.2) is 0 Å². The summed E-state index contributed by atoms with van der Waals surface area (Å²) < 4.78 is 0. The number of hydrogen-bond donors (Lipinski definition) is 2. The molecule has 0 spiro atoms. The average molecular weight is 282 g/mol. The number of fused-ring (bicyclic) bond motifs is 1. The van der Waals surface area contributed by atoms with Gasteiger partial charge < -0.3 is 15.3 Å². The Morgan fingerprint density at radius 1 is 1.10 bits per heavy atom. The standard InChI is InChI=1S/C16H14N2O3/c19-13-6-3-5-11(8-13)16(21)18-9-12-4-1-2-7-14(12)17-15(20)10-18/h1-8,19H,9-10H2,(H,17,20). The highest BCUT2D eigenvalue weighted by Crippen LogP contribution is 2.22. The summed E-state index contributed by atoms with van der Waals surface area (Å²) in [5.74, 6) is -0.480. The molecule has 0 unspecified atom stereocenters. The predicted molar refractivity (Wildman–Crippen MR) is 77.9 cm³/mol. The van der Waals surface area contributed by atoms with Crippen molar-refractivity contribution in [3.63, 3.8) is 0 Å². The molecule has 2 aromatic rings. The molecule has 1 aliphatic heterocycles. The molecule has 2 N–H and O–H groups in total. The number of benzene rings is 2. The first-order valence-electron chi connectivity index (χ1n) is 6.59. The van der Waals surface area contributed by atoms with Crippen LogP contribution in [-0.2, 0) is 11.3 Å². The van der Waals surface area contributed by atoms with Gasteiger partial charge >= 0.3 is 0 Å². The van der Waals surface area contributed by atoms with Crippen molar-refractivity contribution in [1.29, 1.82) is 0 Å². The largest absolute Gasteiger partial charge is 0.508 e. The summed E-state index contributed by atoms with van der Waals surface area (Å²) in [7, 11) is 0. The maximum absolute atomic E-state index is 12.5. The maximum atomic E-state index is 12.5. The number of carbonyl (C=O) groups excluding carboxylic acids is 2. The molecule has 106 valence electrons. The van der Waals surface area contributed by atoms with Crippen LogP contribution in [0.25, 0.3) is 0 Å². The molecular formula is C16H14N2O3. The van der Waals surface area contributed by atoms with E-state index < -0.39 is 0 Å². The highest BCUT2D eigenvalue weighted by molar-refractivity contribution is 6.00. The number of aromatic hydroxyl groups is 1. The third kappa shape index (κ3) is 2.72. The van der Waals surface area contributed by atoms with Gasteiger partial charge in [-0.2, -0.15) is 0 Å². The van der Waals surface area contributed by atoms with E-state index in [-0.39, 0.29) is 24.1 Å². The van der Waals surface area contributed by atoms with Gasteiger partial charge in [0.05, 0.1) is 0 Å². The van der Waals surface area contributed by atoms with Crippen molar-refractivity contribution in [2.24, 2.45) is 0 Å². The van der Waals surface area contributed by atoms with Gasteiger partial charge in [0, 0.05) is 17.8 Å². The van der Waals surface area contributed by atoms with E-state index in [0.717, 1.165) is 11.3 Å². The molecule has 0 radical (unpaired) electrons. The van der Waals surface area contributed by atoms with E-state index in [2.05, 4.69) is 5.32 Å². The van der Waals surface area contributed by atoms with Gasteiger partial charge in [-0.05, 0) is 29.8 Å². The Balaban J connectivity index is 1.92. The number of hydrogen-bond acceptors (Lipinski definition) is 3. The molecule has 2 amide bonds. The lowest BCUT2D eigenvalue weighted by Crippen LogP contribution is -2.35. The topological polar surface area (TPSA) is 69.6 Å². The fourth-order valence-electron chi connectivity index (χ4n) is 2.37. The van der Waals surface area contributed by atoms with Crippen molar-refractivity contribution < 1.29 is 14.7 Å². The number of para-hydroxylation sites is 1. The molecule has 2 aromatic carbocycles. The number of phenols is 1. The fraction of sp³-hybridized carbons (Fsp3) is 0.125. The van der Waals surface area contributed by atoms with Gasteiger partial charge in [-0.15, -0.1) is 0 Å². The smallest absolute Gasteiger partial charge is 0.254 e. The minimum absolute atomic E-state index is 0.0107. The zero-order chi connectivity index (χ0) is 14.8. The molecule has 0 aliphatic carbocycles. The van der Waals surface area contributed by atoms with Crippen LogP contribution >= 0.6 is 0 Å². The van der Waals surface area contributed by atoms with Gasteiger partial charge in [0.15, 0.2) is 0 Å². The molecule has 3 rings (SSSR count). The summed E-state index contributed by atoms with van der Waals surface area (Å²) in [5.41, 5.74) is 1.98. The van der Waals surface area contributed by atoms with Crippen molar-refractivity contribution in [2.75, 3.05) is 11.9 Å². The van der Waals surface area contributed by atoms with Crippen LogP contribution in [0.15, 0.2) is 48.5 Å². The molecule has 5 nitrogen and oxygen atoms in total. The van der Waals surface area contributed by atoms with Crippen LogP contribution in [0.3, 0.4) is 0 Å².